The first-order valence-corrected chi connectivity index (χ1v) is 5.61. The minimum Gasteiger partial charge on any atom is -0.460 e. The molecule has 0 aliphatic carbocycles. The van der Waals surface area contributed by atoms with Gasteiger partial charge in [0.15, 0.2) is 23.3 Å². The topological polar surface area (TPSA) is 60.4 Å². The maximum Gasteiger partial charge on any atom is 0.379 e. The fourth-order valence-electron chi connectivity index (χ4n) is 1.38. The number of rotatable bonds is 5. The minimum absolute atomic E-state index is 0.241. The summed E-state index contributed by atoms with van der Waals surface area (Å²) in [4.78, 5) is 34.2. The van der Waals surface area contributed by atoms with Gasteiger partial charge in [0.25, 0.3) is 5.78 Å². The van der Waals surface area contributed by atoms with Crippen molar-refractivity contribution < 1.29 is 41.1 Å². The van der Waals surface area contributed by atoms with E-state index in [0.29, 0.717) is 0 Å². The number of Topliss-reactive ketones (excluding diaryl/α,β-unsaturated/α-hetero) is 2. The van der Waals surface area contributed by atoms with E-state index in [0.717, 1.165) is 0 Å². The molecule has 0 spiro atoms. The Morgan fingerprint density at radius 2 is 1.32 bits per heavy atom. The summed E-state index contributed by atoms with van der Waals surface area (Å²) in [5.74, 6) is -17.2. The lowest BCUT2D eigenvalue weighted by molar-refractivity contribution is -0.151. The van der Waals surface area contributed by atoms with E-state index in [9.17, 15) is 36.3 Å². The van der Waals surface area contributed by atoms with Gasteiger partial charge in [0.2, 0.25) is 11.6 Å². The highest BCUT2D eigenvalue weighted by atomic mass is 19.2. The predicted octanol–water partition coefficient (Wildman–Crippen LogP) is 2.25. The summed E-state index contributed by atoms with van der Waals surface area (Å²) < 4.78 is 69.9. The molecule has 0 saturated heterocycles. The Labute approximate surface area is 120 Å². The number of halogens is 5. The van der Waals surface area contributed by atoms with Gasteiger partial charge in [-0.3, -0.25) is 9.59 Å². The molecule has 0 atom stereocenters. The van der Waals surface area contributed by atoms with E-state index < -0.39 is 57.8 Å². The average molecular weight is 322 g/mol. The Balaban J connectivity index is 3.33. The quantitative estimate of drug-likeness (QED) is 0.0960. The van der Waals surface area contributed by atoms with Crippen LogP contribution in [0.3, 0.4) is 0 Å². The molecule has 1 aromatic rings. The zero-order valence-corrected chi connectivity index (χ0v) is 10.9. The minimum atomic E-state index is -2.46. The van der Waals surface area contributed by atoms with E-state index in [-0.39, 0.29) is 6.61 Å². The van der Waals surface area contributed by atoms with Crippen LogP contribution in [0.15, 0.2) is 12.2 Å². The van der Waals surface area contributed by atoms with Gasteiger partial charge in [-0.2, -0.15) is 0 Å². The number of esters is 1. The van der Waals surface area contributed by atoms with Crippen molar-refractivity contribution in [2.75, 3.05) is 6.61 Å². The molecule has 22 heavy (non-hydrogen) atoms. The van der Waals surface area contributed by atoms with E-state index in [1.165, 1.54) is 6.92 Å². The monoisotopic (exact) mass is 322 g/mol. The normalized spacial score (nSPS) is 10.3. The molecule has 0 bridgehead atoms. The van der Waals surface area contributed by atoms with Gasteiger partial charge in [0.05, 0.1) is 12.2 Å². The first kappa shape index (κ1) is 17.5. The highest BCUT2D eigenvalue weighted by Crippen LogP contribution is 2.25. The molecule has 0 aromatic heterocycles. The molecular weight excluding hydrogens is 315 g/mol. The van der Waals surface area contributed by atoms with Crippen LogP contribution >= 0.6 is 0 Å². The maximum absolute atomic E-state index is 13.4. The van der Waals surface area contributed by atoms with Crippen molar-refractivity contribution in [3.63, 3.8) is 0 Å². The lowest BCUT2D eigenvalue weighted by Crippen LogP contribution is -2.25. The number of hydrogen-bond acceptors (Lipinski definition) is 4. The van der Waals surface area contributed by atoms with Gasteiger partial charge in [-0.15, -0.1) is 0 Å². The fraction of sp³-hybridized carbons (Fsp3) is 0.154. The molecule has 9 heteroatoms. The van der Waals surface area contributed by atoms with E-state index in [1.54, 1.807) is 0 Å². The number of hydrogen-bond donors (Lipinski definition) is 0. The summed E-state index contributed by atoms with van der Waals surface area (Å²) in [6.07, 6.45) is 0. The Morgan fingerprint density at radius 3 is 1.73 bits per heavy atom. The number of benzene rings is 1. The van der Waals surface area contributed by atoms with Crippen molar-refractivity contribution in [3.8, 4) is 0 Å². The summed E-state index contributed by atoms with van der Waals surface area (Å²) in [7, 11) is 0. The molecule has 0 radical (unpaired) electrons. The molecule has 0 saturated carbocycles. The second kappa shape index (κ2) is 6.46. The smallest absolute Gasteiger partial charge is 0.379 e. The average Bonchev–Trinajstić information content (AvgIpc) is 2.49. The number of ketones is 2. The van der Waals surface area contributed by atoms with Gasteiger partial charge in [-0.05, 0) is 6.92 Å². The molecule has 118 valence electrons. The van der Waals surface area contributed by atoms with Crippen LogP contribution in [0, 0.1) is 29.1 Å². The predicted molar refractivity (Wildman–Crippen MR) is 61.3 cm³/mol. The van der Waals surface area contributed by atoms with Gasteiger partial charge >= 0.3 is 5.97 Å². The summed E-state index contributed by atoms with van der Waals surface area (Å²) in [6.45, 7) is 3.92. The summed E-state index contributed by atoms with van der Waals surface area (Å²) in [5.41, 5.74) is -3.17. The molecule has 0 fully saturated rings. The van der Waals surface area contributed by atoms with Crippen molar-refractivity contribution >= 4 is 17.5 Å². The molecule has 1 rings (SSSR count). The van der Waals surface area contributed by atoms with Crippen LogP contribution in [0.1, 0.15) is 17.3 Å². The summed E-state index contributed by atoms with van der Waals surface area (Å²) in [5, 5.41) is 0. The molecule has 1 aromatic carbocycles. The number of carbonyl (C=O) groups excluding carboxylic acids is 3. The molecular formula is C13H7F5O4. The molecule has 0 aliphatic rings. The lowest BCUT2D eigenvalue weighted by atomic mass is 9.99. The van der Waals surface area contributed by atoms with Crippen molar-refractivity contribution in [1.82, 2.24) is 0 Å². The lowest BCUT2D eigenvalue weighted by Gasteiger charge is -2.08. The Kier molecular flexibility index (Phi) is 5.13. The van der Waals surface area contributed by atoms with E-state index in [2.05, 4.69) is 11.3 Å². The highest BCUT2D eigenvalue weighted by molar-refractivity contribution is 6.48. The van der Waals surface area contributed by atoms with Crippen LogP contribution < -0.4 is 0 Å². The van der Waals surface area contributed by atoms with Gasteiger partial charge in [-0.25, -0.2) is 26.7 Å². The van der Waals surface area contributed by atoms with Crippen LogP contribution in [-0.2, 0) is 14.3 Å². The van der Waals surface area contributed by atoms with Crippen molar-refractivity contribution in [2.45, 2.75) is 6.92 Å². The molecule has 0 N–H and O–H groups in total. The van der Waals surface area contributed by atoms with Gasteiger partial charge in [0.1, 0.15) is 5.56 Å². The van der Waals surface area contributed by atoms with E-state index in [1.807, 2.05) is 0 Å². The van der Waals surface area contributed by atoms with E-state index in [4.69, 9.17) is 0 Å². The third kappa shape index (κ3) is 2.87. The fourth-order valence-corrected chi connectivity index (χ4v) is 1.38. The highest BCUT2D eigenvalue weighted by Gasteiger charge is 2.34. The molecule has 0 heterocycles. The summed E-state index contributed by atoms with van der Waals surface area (Å²) in [6, 6.07) is 0. The number of carbonyl (C=O) groups is 3. The van der Waals surface area contributed by atoms with Crippen LogP contribution in [0.2, 0.25) is 0 Å². The Hall–Kier alpha value is -2.58. The van der Waals surface area contributed by atoms with Crippen LogP contribution in [-0.4, -0.2) is 24.1 Å². The number of ether oxygens (including phenoxy) is 1. The van der Waals surface area contributed by atoms with Crippen molar-refractivity contribution in [2.24, 2.45) is 0 Å². The second-order valence-electron chi connectivity index (χ2n) is 3.80. The maximum atomic E-state index is 13.4. The van der Waals surface area contributed by atoms with Crippen LogP contribution in [0.5, 0.6) is 0 Å². The molecule has 0 amide bonds. The molecule has 0 aliphatic heterocycles. The zero-order valence-electron chi connectivity index (χ0n) is 10.9. The third-order valence-electron chi connectivity index (χ3n) is 2.45. The second-order valence-corrected chi connectivity index (χ2v) is 3.80. The standard InChI is InChI=1S/C13H7F5O4/c1-3-22-13(21)12(20)4(2)11(19)5-6(14)8(16)10(18)9(17)7(5)15/h2-3H2,1H3. The van der Waals surface area contributed by atoms with Crippen LogP contribution in [0.25, 0.3) is 0 Å². The SMILES string of the molecule is C=C(C(=O)C(=O)OCC)C(=O)c1c(F)c(F)c(F)c(F)c1F. The zero-order chi connectivity index (χ0) is 17.2. The third-order valence-corrected chi connectivity index (χ3v) is 2.45. The Morgan fingerprint density at radius 1 is 0.909 bits per heavy atom. The van der Waals surface area contributed by atoms with Crippen LogP contribution in [0.4, 0.5) is 22.0 Å². The first-order chi connectivity index (χ1) is 10.1. The molecule has 4 nitrogen and oxygen atoms in total. The largest absolute Gasteiger partial charge is 0.460 e. The van der Waals surface area contributed by atoms with E-state index >= 15 is 0 Å². The summed E-state index contributed by atoms with van der Waals surface area (Å²) >= 11 is 0. The van der Waals surface area contributed by atoms with Gasteiger partial charge < -0.3 is 4.74 Å². The first-order valence-electron chi connectivity index (χ1n) is 5.61. The van der Waals surface area contributed by atoms with Gasteiger partial charge in [-0.1, -0.05) is 6.58 Å². The van der Waals surface area contributed by atoms with Crippen molar-refractivity contribution in [1.29, 1.82) is 0 Å². The molecule has 0 unspecified atom stereocenters. The van der Waals surface area contributed by atoms with Gasteiger partial charge in [0, 0.05) is 0 Å². The Bertz CT molecular complexity index is 667. The van der Waals surface area contributed by atoms with Crippen molar-refractivity contribution in [3.05, 3.63) is 46.8 Å².